The maximum atomic E-state index is 12.8. The Balaban J connectivity index is 1.14. The minimum Gasteiger partial charge on any atom is -0.338 e. The lowest BCUT2D eigenvalue weighted by Gasteiger charge is -2.34. The normalized spacial score (nSPS) is 16.0. The van der Waals surface area contributed by atoms with E-state index in [1.165, 1.54) is 11.8 Å². The quantitative estimate of drug-likeness (QED) is 0.566. The molecule has 170 valence electrons. The number of aromatic nitrogens is 3. The predicted octanol–water partition coefficient (Wildman–Crippen LogP) is 3.61. The van der Waals surface area contributed by atoms with Gasteiger partial charge < -0.3 is 15.1 Å². The predicted molar refractivity (Wildman–Crippen MR) is 128 cm³/mol. The number of rotatable bonds is 6. The number of carbonyl (C=O) groups is 2. The molecule has 1 aliphatic heterocycles. The molecule has 1 saturated carbocycles. The second-order valence-corrected chi connectivity index (χ2v) is 9.17. The van der Waals surface area contributed by atoms with Crippen molar-refractivity contribution in [3.63, 3.8) is 0 Å². The Morgan fingerprint density at radius 1 is 0.909 bits per heavy atom. The highest BCUT2D eigenvalue weighted by Gasteiger charge is 2.31. The van der Waals surface area contributed by atoms with Gasteiger partial charge in [0.05, 0.1) is 11.4 Å². The number of amides is 3. The third kappa shape index (κ3) is 5.19. The van der Waals surface area contributed by atoms with Crippen LogP contribution in [0, 0.1) is 0 Å². The van der Waals surface area contributed by atoms with Gasteiger partial charge in [0.25, 0.3) is 0 Å². The van der Waals surface area contributed by atoms with Gasteiger partial charge in [0.15, 0.2) is 0 Å². The Morgan fingerprint density at radius 3 is 2.21 bits per heavy atom. The summed E-state index contributed by atoms with van der Waals surface area (Å²) in [6, 6.07) is 19.3. The van der Waals surface area contributed by atoms with E-state index in [0.29, 0.717) is 43.0 Å². The van der Waals surface area contributed by atoms with Gasteiger partial charge in [0, 0.05) is 37.8 Å². The Hall–Kier alpha value is -3.33. The molecule has 0 radical (unpaired) electrons. The van der Waals surface area contributed by atoms with Gasteiger partial charge in [-0.05, 0) is 37.1 Å². The number of anilines is 1. The molecular formula is C24H26N6O2S. The topological polar surface area (TPSA) is 83.4 Å². The van der Waals surface area contributed by atoms with Gasteiger partial charge in [-0.15, -0.1) is 5.10 Å². The summed E-state index contributed by atoms with van der Waals surface area (Å²) >= 11 is 1.38. The summed E-state index contributed by atoms with van der Waals surface area (Å²) in [5, 5.41) is 8.20. The van der Waals surface area contributed by atoms with Crippen LogP contribution in [0.15, 0.2) is 65.8 Å². The number of benzene rings is 2. The summed E-state index contributed by atoms with van der Waals surface area (Å²) in [4.78, 5) is 33.5. The summed E-state index contributed by atoms with van der Waals surface area (Å²) in [5.41, 5.74) is 1.76. The first-order valence-corrected chi connectivity index (χ1v) is 12.2. The summed E-state index contributed by atoms with van der Waals surface area (Å²) in [5.74, 6) is 1.78. The highest BCUT2D eigenvalue weighted by molar-refractivity contribution is 7.99. The number of nitrogens with one attached hydrogen (secondary N) is 1. The molecule has 2 fully saturated rings. The average Bonchev–Trinajstić information content (AvgIpc) is 3.62. The van der Waals surface area contributed by atoms with E-state index in [-0.39, 0.29) is 11.9 Å². The second kappa shape index (κ2) is 9.66. The van der Waals surface area contributed by atoms with Crippen LogP contribution >= 0.6 is 11.8 Å². The Labute approximate surface area is 197 Å². The van der Waals surface area contributed by atoms with E-state index in [4.69, 9.17) is 4.98 Å². The summed E-state index contributed by atoms with van der Waals surface area (Å²) in [6.45, 7) is 2.09. The lowest BCUT2D eigenvalue weighted by Crippen LogP contribution is -2.52. The Morgan fingerprint density at radius 2 is 1.55 bits per heavy atom. The fraction of sp³-hybridized carbons (Fsp3) is 0.333. The number of urea groups is 1. The van der Waals surface area contributed by atoms with Crippen LogP contribution < -0.4 is 5.32 Å². The van der Waals surface area contributed by atoms with Crippen molar-refractivity contribution in [1.82, 2.24) is 24.6 Å². The van der Waals surface area contributed by atoms with Crippen LogP contribution in [0.2, 0.25) is 0 Å². The van der Waals surface area contributed by atoms with E-state index in [1.54, 1.807) is 4.90 Å². The van der Waals surface area contributed by atoms with Crippen molar-refractivity contribution in [3.05, 3.63) is 66.5 Å². The number of carbonyl (C=O) groups excluding carboxylic acids is 2. The summed E-state index contributed by atoms with van der Waals surface area (Å²) in [6.07, 6.45) is 2.27. The van der Waals surface area contributed by atoms with Gasteiger partial charge in [0.2, 0.25) is 11.1 Å². The van der Waals surface area contributed by atoms with Gasteiger partial charge in [-0.1, -0.05) is 48.2 Å². The Kier molecular flexibility index (Phi) is 6.30. The molecule has 0 atom stereocenters. The monoisotopic (exact) mass is 462 g/mol. The van der Waals surface area contributed by atoms with Crippen LogP contribution in [0.3, 0.4) is 0 Å². The molecule has 2 aliphatic rings. The molecule has 1 saturated heterocycles. The molecule has 33 heavy (non-hydrogen) atoms. The van der Waals surface area contributed by atoms with Crippen LogP contribution in [0.1, 0.15) is 24.6 Å². The molecule has 9 heteroatoms. The van der Waals surface area contributed by atoms with Crippen molar-refractivity contribution in [2.45, 2.75) is 23.9 Å². The molecule has 0 spiro atoms. The van der Waals surface area contributed by atoms with Crippen molar-refractivity contribution < 1.29 is 9.59 Å². The highest BCUT2D eigenvalue weighted by atomic mass is 32.2. The number of hydrogen-bond acceptors (Lipinski definition) is 5. The molecule has 8 nitrogen and oxygen atoms in total. The first-order valence-electron chi connectivity index (χ1n) is 11.2. The zero-order valence-corrected chi connectivity index (χ0v) is 19.1. The van der Waals surface area contributed by atoms with Gasteiger partial charge >= 0.3 is 6.03 Å². The van der Waals surface area contributed by atoms with E-state index in [1.807, 2.05) is 70.2 Å². The molecule has 1 N–H and O–H groups in total. The molecule has 3 amide bonds. The van der Waals surface area contributed by atoms with Crippen LogP contribution in [0.5, 0.6) is 0 Å². The van der Waals surface area contributed by atoms with Crippen LogP contribution in [0.4, 0.5) is 10.5 Å². The summed E-state index contributed by atoms with van der Waals surface area (Å²) in [7, 11) is 0. The smallest absolute Gasteiger partial charge is 0.321 e. The first kappa shape index (κ1) is 21.5. The van der Waals surface area contributed by atoms with E-state index < -0.39 is 0 Å². The zero-order valence-electron chi connectivity index (χ0n) is 18.3. The molecule has 2 heterocycles. The lowest BCUT2D eigenvalue weighted by molar-refractivity contribution is -0.129. The maximum Gasteiger partial charge on any atom is 0.321 e. The average molecular weight is 463 g/mol. The minimum absolute atomic E-state index is 0.0483. The van der Waals surface area contributed by atoms with Gasteiger partial charge in [0.1, 0.15) is 5.82 Å². The largest absolute Gasteiger partial charge is 0.338 e. The number of piperazine rings is 1. The van der Waals surface area contributed by atoms with Crippen molar-refractivity contribution in [2.24, 2.45) is 0 Å². The molecule has 3 aromatic rings. The number of hydrogen-bond donors (Lipinski definition) is 1. The standard InChI is InChI=1S/C24H26N6O2S/c31-21(28-13-15-29(16-14-28)24(32)25-19-7-3-1-4-8-19)17-33-23-26-22(18-11-12-18)30(27-23)20-9-5-2-6-10-20/h1-10,18H,11-17H2,(H,25,32). The molecular weight excluding hydrogens is 436 g/mol. The second-order valence-electron chi connectivity index (χ2n) is 8.23. The van der Waals surface area contributed by atoms with Gasteiger partial charge in [-0.3, -0.25) is 4.79 Å². The minimum atomic E-state index is -0.133. The molecule has 0 unspecified atom stereocenters. The fourth-order valence-electron chi connectivity index (χ4n) is 3.83. The van der Waals surface area contributed by atoms with Crippen molar-refractivity contribution in [1.29, 1.82) is 0 Å². The lowest BCUT2D eigenvalue weighted by atomic mass is 10.3. The first-order chi connectivity index (χ1) is 16.2. The SMILES string of the molecule is O=C(CSc1nc(C2CC2)n(-c2ccccc2)n1)N1CCN(C(=O)Nc2ccccc2)CC1. The number of para-hydroxylation sites is 2. The molecule has 1 aromatic heterocycles. The van der Waals surface area contributed by atoms with Crippen molar-refractivity contribution in [3.8, 4) is 5.69 Å². The van der Waals surface area contributed by atoms with E-state index in [0.717, 1.165) is 30.0 Å². The third-order valence-electron chi connectivity index (χ3n) is 5.83. The molecule has 0 bridgehead atoms. The molecule has 5 rings (SSSR count). The van der Waals surface area contributed by atoms with Gasteiger partial charge in [-0.2, -0.15) is 0 Å². The third-order valence-corrected chi connectivity index (χ3v) is 6.65. The van der Waals surface area contributed by atoms with Crippen molar-refractivity contribution >= 4 is 29.4 Å². The van der Waals surface area contributed by atoms with Crippen molar-refractivity contribution in [2.75, 3.05) is 37.2 Å². The van der Waals surface area contributed by atoms with E-state index in [9.17, 15) is 9.59 Å². The summed E-state index contributed by atoms with van der Waals surface area (Å²) < 4.78 is 1.91. The van der Waals surface area contributed by atoms with E-state index >= 15 is 0 Å². The number of nitrogens with zero attached hydrogens (tertiary/aromatic N) is 5. The highest BCUT2D eigenvalue weighted by Crippen LogP contribution is 2.40. The van der Waals surface area contributed by atoms with E-state index in [2.05, 4.69) is 10.4 Å². The molecule has 2 aromatic carbocycles. The molecule has 1 aliphatic carbocycles. The number of thioether (sulfide) groups is 1. The zero-order chi connectivity index (χ0) is 22.6. The van der Waals surface area contributed by atoms with Crippen LogP contribution in [-0.4, -0.2) is 68.4 Å². The maximum absolute atomic E-state index is 12.8. The Bertz CT molecular complexity index is 1110. The van der Waals surface area contributed by atoms with Crippen LogP contribution in [-0.2, 0) is 4.79 Å². The van der Waals surface area contributed by atoms with Crippen LogP contribution in [0.25, 0.3) is 5.69 Å². The fourth-order valence-corrected chi connectivity index (χ4v) is 4.56. The van der Waals surface area contributed by atoms with Gasteiger partial charge in [-0.25, -0.2) is 14.5 Å².